The van der Waals surface area contributed by atoms with Gasteiger partial charge in [0.25, 0.3) is 0 Å². The molecular formula is C18H29NO. The number of aliphatic hydroxyl groups is 1. The van der Waals surface area contributed by atoms with Gasteiger partial charge in [-0.05, 0) is 45.2 Å². The number of rotatable bonds is 5. The molecule has 2 atom stereocenters. The van der Waals surface area contributed by atoms with E-state index in [0.717, 1.165) is 18.7 Å². The third-order valence-corrected chi connectivity index (χ3v) is 4.41. The van der Waals surface area contributed by atoms with Gasteiger partial charge < -0.3 is 5.11 Å². The van der Waals surface area contributed by atoms with Gasteiger partial charge in [-0.3, -0.25) is 4.90 Å². The predicted molar refractivity (Wildman–Crippen MR) is 85.0 cm³/mol. The fourth-order valence-corrected chi connectivity index (χ4v) is 3.49. The zero-order valence-corrected chi connectivity index (χ0v) is 13.2. The minimum Gasteiger partial charge on any atom is -0.387 e. The second kappa shape index (κ2) is 7.24. The Balaban J connectivity index is 2.03. The van der Waals surface area contributed by atoms with Crippen molar-refractivity contribution in [2.45, 2.75) is 65.0 Å². The molecule has 0 amide bonds. The molecule has 1 saturated heterocycles. The van der Waals surface area contributed by atoms with E-state index in [2.05, 4.69) is 43.9 Å². The molecule has 0 radical (unpaired) electrons. The summed E-state index contributed by atoms with van der Waals surface area (Å²) < 4.78 is 0. The van der Waals surface area contributed by atoms with Crippen molar-refractivity contribution >= 4 is 0 Å². The van der Waals surface area contributed by atoms with E-state index in [0.29, 0.717) is 6.04 Å². The van der Waals surface area contributed by atoms with Gasteiger partial charge in [-0.1, -0.05) is 49.1 Å². The van der Waals surface area contributed by atoms with Gasteiger partial charge in [0.2, 0.25) is 0 Å². The lowest BCUT2D eigenvalue weighted by Crippen LogP contribution is -2.41. The highest BCUT2D eigenvalue weighted by Gasteiger charge is 2.24. The maximum atomic E-state index is 10.6. The smallest absolute Gasteiger partial charge is 0.0917 e. The number of aliphatic hydroxyl groups excluding tert-OH is 1. The molecule has 0 aliphatic carbocycles. The third kappa shape index (κ3) is 4.07. The Morgan fingerprint density at radius 3 is 2.55 bits per heavy atom. The number of nitrogens with zero attached hydrogens (tertiary/aromatic N) is 1. The summed E-state index contributed by atoms with van der Waals surface area (Å²) in [6.07, 6.45) is 6.07. The average Bonchev–Trinajstić information content (AvgIpc) is 2.40. The molecular weight excluding hydrogens is 246 g/mol. The second-order valence-electron chi connectivity index (χ2n) is 6.37. The summed E-state index contributed by atoms with van der Waals surface area (Å²) in [6.45, 7) is 8.39. The first-order valence-electron chi connectivity index (χ1n) is 8.10. The maximum absolute atomic E-state index is 10.6. The molecule has 0 bridgehead atoms. The maximum Gasteiger partial charge on any atom is 0.0917 e. The van der Waals surface area contributed by atoms with Gasteiger partial charge >= 0.3 is 0 Å². The van der Waals surface area contributed by atoms with Crippen LogP contribution in [-0.4, -0.2) is 29.1 Å². The van der Waals surface area contributed by atoms with Crippen LogP contribution in [0, 0.1) is 13.8 Å². The summed E-state index contributed by atoms with van der Waals surface area (Å²) in [5, 5.41) is 10.6. The monoisotopic (exact) mass is 275 g/mol. The molecule has 1 N–H and O–H groups in total. The van der Waals surface area contributed by atoms with Gasteiger partial charge in [0, 0.05) is 12.6 Å². The molecule has 112 valence electrons. The van der Waals surface area contributed by atoms with E-state index in [1.807, 2.05) is 0 Å². The first-order valence-corrected chi connectivity index (χ1v) is 8.10. The van der Waals surface area contributed by atoms with Gasteiger partial charge in [0.15, 0.2) is 0 Å². The van der Waals surface area contributed by atoms with E-state index in [9.17, 15) is 5.11 Å². The number of aryl methyl sites for hydroxylation is 2. The Morgan fingerprint density at radius 2 is 1.90 bits per heavy atom. The fourth-order valence-electron chi connectivity index (χ4n) is 3.49. The van der Waals surface area contributed by atoms with Crippen molar-refractivity contribution in [3.05, 3.63) is 34.9 Å². The lowest BCUT2D eigenvalue weighted by molar-refractivity contribution is 0.0635. The van der Waals surface area contributed by atoms with Crippen LogP contribution in [0.2, 0.25) is 0 Å². The third-order valence-electron chi connectivity index (χ3n) is 4.41. The molecule has 1 aliphatic heterocycles. The molecule has 1 aromatic carbocycles. The molecule has 0 saturated carbocycles. The molecule has 2 nitrogen and oxygen atoms in total. The van der Waals surface area contributed by atoms with E-state index >= 15 is 0 Å². The molecule has 1 fully saturated rings. The Hall–Kier alpha value is -0.860. The van der Waals surface area contributed by atoms with Crippen molar-refractivity contribution in [2.75, 3.05) is 13.1 Å². The van der Waals surface area contributed by atoms with Crippen LogP contribution >= 0.6 is 0 Å². The minimum absolute atomic E-state index is 0.356. The topological polar surface area (TPSA) is 23.5 Å². The molecule has 0 spiro atoms. The molecule has 2 heteroatoms. The van der Waals surface area contributed by atoms with Crippen molar-refractivity contribution in [2.24, 2.45) is 0 Å². The van der Waals surface area contributed by atoms with E-state index in [1.165, 1.54) is 43.2 Å². The van der Waals surface area contributed by atoms with Gasteiger partial charge in [-0.2, -0.15) is 0 Å². The van der Waals surface area contributed by atoms with Crippen molar-refractivity contribution < 1.29 is 5.11 Å². The van der Waals surface area contributed by atoms with Crippen molar-refractivity contribution in [1.29, 1.82) is 0 Å². The van der Waals surface area contributed by atoms with Crippen molar-refractivity contribution in [3.63, 3.8) is 0 Å². The van der Waals surface area contributed by atoms with Crippen LogP contribution < -0.4 is 0 Å². The lowest BCUT2D eigenvalue weighted by Gasteiger charge is -2.37. The summed E-state index contributed by atoms with van der Waals surface area (Å²) in [4.78, 5) is 2.51. The molecule has 1 aliphatic rings. The molecule has 1 aromatic rings. The molecule has 2 rings (SSSR count). The number of piperidine rings is 1. The van der Waals surface area contributed by atoms with Gasteiger partial charge in [0.1, 0.15) is 0 Å². The SMILES string of the molecule is CCCC1CCCCN1CC(O)c1cc(C)cc(C)c1. The molecule has 20 heavy (non-hydrogen) atoms. The first kappa shape index (κ1) is 15.5. The van der Waals surface area contributed by atoms with Crippen molar-refractivity contribution in [3.8, 4) is 0 Å². The highest BCUT2D eigenvalue weighted by Crippen LogP contribution is 2.25. The average molecular weight is 275 g/mol. The lowest BCUT2D eigenvalue weighted by atomic mass is 9.96. The van der Waals surface area contributed by atoms with Crippen LogP contribution in [0.1, 0.15) is 61.8 Å². The van der Waals surface area contributed by atoms with E-state index in [4.69, 9.17) is 0 Å². The van der Waals surface area contributed by atoms with Crippen LogP contribution in [0.3, 0.4) is 0 Å². The van der Waals surface area contributed by atoms with Gasteiger partial charge in [0.05, 0.1) is 6.10 Å². The van der Waals surface area contributed by atoms with Crippen LogP contribution in [0.4, 0.5) is 0 Å². The Kier molecular flexibility index (Phi) is 5.62. The fraction of sp³-hybridized carbons (Fsp3) is 0.667. The highest BCUT2D eigenvalue weighted by molar-refractivity contribution is 5.30. The van der Waals surface area contributed by atoms with E-state index < -0.39 is 0 Å². The zero-order valence-electron chi connectivity index (χ0n) is 13.2. The quantitative estimate of drug-likeness (QED) is 0.878. The summed E-state index contributed by atoms with van der Waals surface area (Å²) in [5.41, 5.74) is 3.55. The molecule has 0 aromatic heterocycles. The summed E-state index contributed by atoms with van der Waals surface area (Å²) >= 11 is 0. The Morgan fingerprint density at radius 1 is 1.20 bits per heavy atom. The van der Waals surface area contributed by atoms with Crippen molar-refractivity contribution in [1.82, 2.24) is 4.90 Å². The summed E-state index contributed by atoms with van der Waals surface area (Å²) in [6, 6.07) is 7.08. The largest absolute Gasteiger partial charge is 0.387 e. The van der Waals surface area contributed by atoms with E-state index in [-0.39, 0.29) is 6.10 Å². The summed E-state index contributed by atoms with van der Waals surface area (Å²) in [7, 11) is 0. The Labute approximate surface area is 123 Å². The minimum atomic E-state index is -0.356. The molecule has 1 heterocycles. The standard InChI is InChI=1S/C18H29NO/c1-4-7-17-8-5-6-9-19(17)13-18(20)16-11-14(2)10-15(3)12-16/h10-12,17-18,20H,4-9,13H2,1-3H3. The number of hydrogen-bond acceptors (Lipinski definition) is 2. The number of benzene rings is 1. The predicted octanol–water partition coefficient (Wildman–Crippen LogP) is 3.99. The van der Waals surface area contributed by atoms with Gasteiger partial charge in [-0.15, -0.1) is 0 Å². The first-order chi connectivity index (χ1) is 9.60. The second-order valence-corrected chi connectivity index (χ2v) is 6.37. The van der Waals surface area contributed by atoms with Crippen LogP contribution in [0.5, 0.6) is 0 Å². The van der Waals surface area contributed by atoms with Gasteiger partial charge in [-0.25, -0.2) is 0 Å². The zero-order chi connectivity index (χ0) is 14.5. The summed E-state index contributed by atoms with van der Waals surface area (Å²) in [5.74, 6) is 0. The number of hydrogen-bond donors (Lipinski definition) is 1. The molecule has 2 unspecified atom stereocenters. The van der Waals surface area contributed by atoms with Crippen LogP contribution in [0.15, 0.2) is 18.2 Å². The van der Waals surface area contributed by atoms with Crippen LogP contribution in [0.25, 0.3) is 0 Å². The Bertz CT molecular complexity index is 407. The van der Waals surface area contributed by atoms with Crippen LogP contribution in [-0.2, 0) is 0 Å². The normalized spacial score (nSPS) is 21.9. The highest BCUT2D eigenvalue weighted by atomic mass is 16.3. The number of likely N-dealkylation sites (tertiary alicyclic amines) is 1. The van der Waals surface area contributed by atoms with E-state index in [1.54, 1.807) is 0 Å². The number of β-amino-alcohol motifs (C(OH)–C–C–N with tert-alkyl or cyclic N) is 1.